The van der Waals surface area contributed by atoms with E-state index in [0.717, 1.165) is 11.1 Å². The second-order valence-corrected chi connectivity index (χ2v) is 7.80. The zero-order valence-electron chi connectivity index (χ0n) is 15.9. The van der Waals surface area contributed by atoms with Crippen LogP contribution in [0.5, 0.6) is 6.01 Å². The van der Waals surface area contributed by atoms with E-state index in [1.165, 1.54) is 0 Å². The third kappa shape index (κ3) is 4.64. The SMILES string of the molecule is CC(C)(C)C(=O)NCc1ccc(Cl)c(-c2nc(O)nc(-c3ccccc3)n2)c1. The Balaban J connectivity index is 1.93. The van der Waals surface area contributed by atoms with Crippen molar-refractivity contribution in [2.24, 2.45) is 5.41 Å². The molecule has 3 aromatic rings. The molecule has 0 saturated carbocycles. The van der Waals surface area contributed by atoms with Crippen LogP contribution in [0.25, 0.3) is 22.8 Å². The standard InChI is InChI=1S/C21H21ClN4O2/c1-21(2,3)19(27)23-12-13-9-10-16(22)15(11-13)18-24-17(25-20(28)26-18)14-7-5-4-6-8-14/h4-11H,12H2,1-3H3,(H,23,27)(H,24,25,26,28). The molecule has 7 heteroatoms. The summed E-state index contributed by atoms with van der Waals surface area (Å²) in [5.41, 5.74) is 1.68. The molecule has 144 valence electrons. The smallest absolute Gasteiger partial charge is 0.318 e. The van der Waals surface area contributed by atoms with Crippen molar-refractivity contribution in [3.05, 3.63) is 59.1 Å². The van der Waals surface area contributed by atoms with E-state index in [-0.39, 0.29) is 17.7 Å². The first-order chi connectivity index (χ1) is 13.2. The van der Waals surface area contributed by atoms with Crippen molar-refractivity contribution in [1.29, 1.82) is 0 Å². The van der Waals surface area contributed by atoms with Gasteiger partial charge in [-0.3, -0.25) is 4.79 Å². The van der Waals surface area contributed by atoms with Crippen LogP contribution >= 0.6 is 11.6 Å². The van der Waals surface area contributed by atoms with Crippen molar-refractivity contribution in [3.8, 4) is 28.8 Å². The normalized spacial score (nSPS) is 11.3. The summed E-state index contributed by atoms with van der Waals surface area (Å²) in [6.07, 6.45) is 0. The second kappa shape index (κ2) is 7.94. The highest BCUT2D eigenvalue weighted by atomic mass is 35.5. The summed E-state index contributed by atoms with van der Waals surface area (Å²) in [4.78, 5) is 24.6. The lowest BCUT2D eigenvalue weighted by atomic mass is 9.95. The number of aromatic nitrogens is 3. The Kier molecular flexibility index (Phi) is 5.61. The van der Waals surface area contributed by atoms with Gasteiger partial charge in [-0.2, -0.15) is 9.97 Å². The van der Waals surface area contributed by atoms with Gasteiger partial charge in [-0.05, 0) is 17.7 Å². The predicted octanol–water partition coefficient (Wildman–Crippen LogP) is 4.23. The molecule has 0 aliphatic heterocycles. The minimum absolute atomic E-state index is 0.0480. The molecule has 0 saturated heterocycles. The summed E-state index contributed by atoms with van der Waals surface area (Å²) in [7, 11) is 0. The Hall–Kier alpha value is -2.99. The van der Waals surface area contributed by atoms with E-state index in [1.807, 2.05) is 57.2 Å². The Morgan fingerprint density at radius 1 is 1.04 bits per heavy atom. The molecule has 0 spiro atoms. The molecule has 1 heterocycles. The highest BCUT2D eigenvalue weighted by Gasteiger charge is 2.21. The maximum absolute atomic E-state index is 12.1. The Bertz CT molecular complexity index is 1000. The van der Waals surface area contributed by atoms with Crippen LogP contribution in [-0.4, -0.2) is 26.0 Å². The molecule has 0 radical (unpaired) electrons. The summed E-state index contributed by atoms with van der Waals surface area (Å²) in [5.74, 6) is 0.569. The van der Waals surface area contributed by atoms with Crippen molar-refractivity contribution >= 4 is 17.5 Å². The highest BCUT2D eigenvalue weighted by molar-refractivity contribution is 6.33. The summed E-state index contributed by atoms with van der Waals surface area (Å²) in [5, 5.41) is 13.3. The predicted molar refractivity (Wildman–Crippen MR) is 109 cm³/mol. The number of halogens is 1. The van der Waals surface area contributed by atoms with Crippen LogP contribution in [-0.2, 0) is 11.3 Å². The fourth-order valence-electron chi connectivity index (χ4n) is 2.50. The van der Waals surface area contributed by atoms with Crippen LogP contribution in [0.15, 0.2) is 48.5 Å². The van der Waals surface area contributed by atoms with Gasteiger partial charge in [0.1, 0.15) is 0 Å². The molecular formula is C21H21ClN4O2. The number of carbonyl (C=O) groups excluding carboxylic acids is 1. The van der Waals surface area contributed by atoms with Crippen molar-refractivity contribution in [3.63, 3.8) is 0 Å². The van der Waals surface area contributed by atoms with Crippen LogP contribution in [0.1, 0.15) is 26.3 Å². The maximum Gasteiger partial charge on any atom is 0.318 e. The van der Waals surface area contributed by atoms with Crippen LogP contribution < -0.4 is 5.32 Å². The van der Waals surface area contributed by atoms with E-state index in [2.05, 4.69) is 20.3 Å². The molecule has 0 bridgehead atoms. The van der Waals surface area contributed by atoms with Gasteiger partial charge >= 0.3 is 6.01 Å². The van der Waals surface area contributed by atoms with E-state index in [1.54, 1.807) is 12.1 Å². The van der Waals surface area contributed by atoms with E-state index in [9.17, 15) is 9.90 Å². The Morgan fingerprint density at radius 3 is 2.39 bits per heavy atom. The molecule has 1 aromatic heterocycles. The third-order valence-corrected chi connectivity index (χ3v) is 4.39. The van der Waals surface area contributed by atoms with Gasteiger partial charge < -0.3 is 10.4 Å². The van der Waals surface area contributed by atoms with Crippen molar-refractivity contribution in [2.45, 2.75) is 27.3 Å². The second-order valence-electron chi connectivity index (χ2n) is 7.40. The largest absolute Gasteiger partial charge is 0.479 e. The topological polar surface area (TPSA) is 88.0 Å². The van der Waals surface area contributed by atoms with Gasteiger partial charge in [0.25, 0.3) is 0 Å². The molecule has 0 aliphatic rings. The summed E-state index contributed by atoms with van der Waals surface area (Å²) in [6, 6.07) is 14.3. The van der Waals surface area contributed by atoms with Crippen molar-refractivity contribution in [2.75, 3.05) is 0 Å². The lowest BCUT2D eigenvalue weighted by Gasteiger charge is -2.18. The lowest BCUT2D eigenvalue weighted by Crippen LogP contribution is -2.34. The average Bonchev–Trinajstić information content (AvgIpc) is 2.66. The molecule has 0 unspecified atom stereocenters. The third-order valence-electron chi connectivity index (χ3n) is 4.06. The van der Waals surface area contributed by atoms with Gasteiger partial charge in [0, 0.05) is 23.1 Å². The number of nitrogens with zero attached hydrogens (tertiary/aromatic N) is 3. The van der Waals surface area contributed by atoms with Gasteiger partial charge in [-0.25, -0.2) is 4.98 Å². The summed E-state index contributed by atoms with van der Waals surface area (Å²) in [6.45, 7) is 5.92. The molecule has 1 amide bonds. The van der Waals surface area contributed by atoms with Crippen LogP contribution in [0, 0.1) is 5.41 Å². The maximum atomic E-state index is 12.1. The first-order valence-corrected chi connectivity index (χ1v) is 9.19. The molecule has 28 heavy (non-hydrogen) atoms. The zero-order chi connectivity index (χ0) is 20.3. The Labute approximate surface area is 168 Å². The first-order valence-electron chi connectivity index (χ1n) is 8.81. The zero-order valence-corrected chi connectivity index (χ0v) is 16.7. The minimum Gasteiger partial charge on any atom is -0.479 e. The molecule has 0 atom stereocenters. The molecule has 0 fully saturated rings. The van der Waals surface area contributed by atoms with E-state index in [0.29, 0.717) is 23.0 Å². The fraction of sp³-hybridized carbons (Fsp3) is 0.238. The fourth-order valence-corrected chi connectivity index (χ4v) is 2.70. The lowest BCUT2D eigenvalue weighted by molar-refractivity contribution is -0.128. The number of aromatic hydroxyl groups is 1. The average molecular weight is 397 g/mol. The number of hydrogen-bond acceptors (Lipinski definition) is 5. The molecule has 2 aromatic carbocycles. The number of nitrogens with one attached hydrogen (secondary N) is 1. The molecule has 6 nitrogen and oxygen atoms in total. The first kappa shape index (κ1) is 19.8. The summed E-state index contributed by atoms with van der Waals surface area (Å²) >= 11 is 6.35. The van der Waals surface area contributed by atoms with E-state index < -0.39 is 5.41 Å². The number of carbonyl (C=O) groups is 1. The molecule has 0 aliphatic carbocycles. The monoisotopic (exact) mass is 396 g/mol. The van der Waals surface area contributed by atoms with Gasteiger partial charge in [-0.1, -0.05) is 68.8 Å². The summed E-state index contributed by atoms with van der Waals surface area (Å²) < 4.78 is 0. The number of hydrogen-bond donors (Lipinski definition) is 2. The number of benzene rings is 2. The molecule has 3 rings (SSSR count). The van der Waals surface area contributed by atoms with Crippen molar-refractivity contribution < 1.29 is 9.90 Å². The highest BCUT2D eigenvalue weighted by Crippen LogP contribution is 2.29. The van der Waals surface area contributed by atoms with Gasteiger partial charge in [0.2, 0.25) is 5.91 Å². The van der Waals surface area contributed by atoms with E-state index in [4.69, 9.17) is 11.6 Å². The van der Waals surface area contributed by atoms with Crippen LogP contribution in [0.3, 0.4) is 0 Å². The quantitative estimate of drug-likeness (QED) is 0.689. The van der Waals surface area contributed by atoms with Gasteiger partial charge in [-0.15, -0.1) is 0 Å². The van der Waals surface area contributed by atoms with Crippen LogP contribution in [0.4, 0.5) is 0 Å². The number of amides is 1. The van der Waals surface area contributed by atoms with Gasteiger partial charge in [0.05, 0.1) is 5.02 Å². The van der Waals surface area contributed by atoms with Gasteiger partial charge in [0.15, 0.2) is 11.6 Å². The molecular weight excluding hydrogens is 376 g/mol. The Morgan fingerprint density at radius 2 is 1.71 bits per heavy atom. The number of rotatable bonds is 4. The van der Waals surface area contributed by atoms with Crippen molar-refractivity contribution in [1.82, 2.24) is 20.3 Å². The van der Waals surface area contributed by atoms with Crippen LogP contribution in [0.2, 0.25) is 5.02 Å². The minimum atomic E-state index is -0.472. The molecule has 2 N–H and O–H groups in total. The van der Waals surface area contributed by atoms with E-state index >= 15 is 0 Å².